The van der Waals surface area contributed by atoms with Crippen molar-refractivity contribution < 1.29 is 19.1 Å². The molecule has 0 saturated carbocycles. The summed E-state index contributed by atoms with van der Waals surface area (Å²) in [4.78, 5) is 23.4. The van der Waals surface area contributed by atoms with Gasteiger partial charge >= 0.3 is 6.09 Å². The molecule has 0 radical (unpaired) electrons. The number of para-hydroxylation sites is 1. The maximum atomic E-state index is 12.2. The van der Waals surface area contributed by atoms with E-state index in [4.69, 9.17) is 9.47 Å². The molecule has 1 atom stereocenters. The highest BCUT2D eigenvalue weighted by Gasteiger charge is 2.16. The summed E-state index contributed by atoms with van der Waals surface area (Å²) in [5.74, 6) is 0.770. The first-order valence-electron chi connectivity index (χ1n) is 7.52. The third kappa shape index (κ3) is 4.74. The standard InChI is InChI=1S/C18H20N2O4/c1-12-11-15(24-18(22)19-3)9-10-16(12)20-17(21)13(2)23-14-7-5-4-6-8-14/h4-11,13H,1-3H3,(H,19,22)(H,20,21). The number of hydrogen-bond donors (Lipinski definition) is 2. The Morgan fingerprint density at radius 2 is 1.75 bits per heavy atom. The van der Waals surface area contributed by atoms with Crippen LogP contribution in [0.2, 0.25) is 0 Å². The van der Waals surface area contributed by atoms with E-state index in [0.29, 0.717) is 17.2 Å². The lowest BCUT2D eigenvalue weighted by atomic mass is 10.2. The van der Waals surface area contributed by atoms with E-state index in [2.05, 4.69) is 10.6 Å². The van der Waals surface area contributed by atoms with Gasteiger partial charge in [0.25, 0.3) is 5.91 Å². The van der Waals surface area contributed by atoms with Gasteiger partial charge in [-0.25, -0.2) is 4.79 Å². The molecular weight excluding hydrogens is 308 g/mol. The molecule has 0 heterocycles. The third-order valence-electron chi connectivity index (χ3n) is 3.30. The minimum atomic E-state index is -0.645. The number of benzene rings is 2. The summed E-state index contributed by atoms with van der Waals surface area (Å²) in [6, 6.07) is 14.1. The average Bonchev–Trinajstić information content (AvgIpc) is 2.58. The average molecular weight is 328 g/mol. The summed E-state index contributed by atoms with van der Waals surface area (Å²) in [7, 11) is 1.48. The molecule has 0 aliphatic heterocycles. The van der Waals surface area contributed by atoms with Crippen LogP contribution in [0.1, 0.15) is 12.5 Å². The van der Waals surface area contributed by atoms with Gasteiger partial charge in [0.15, 0.2) is 6.10 Å². The first-order valence-corrected chi connectivity index (χ1v) is 7.52. The number of rotatable bonds is 5. The van der Waals surface area contributed by atoms with E-state index in [1.807, 2.05) is 25.1 Å². The van der Waals surface area contributed by atoms with Gasteiger partial charge in [-0.15, -0.1) is 0 Å². The number of ether oxygens (including phenoxy) is 2. The van der Waals surface area contributed by atoms with Crippen molar-refractivity contribution in [2.24, 2.45) is 0 Å². The van der Waals surface area contributed by atoms with Gasteiger partial charge in [-0.3, -0.25) is 4.79 Å². The van der Waals surface area contributed by atoms with Crippen molar-refractivity contribution >= 4 is 17.7 Å². The van der Waals surface area contributed by atoms with E-state index in [0.717, 1.165) is 5.56 Å². The number of amides is 2. The topological polar surface area (TPSA) is 76.7 Å². The second-order valence-corrected chi connectivity index (χ2v) is 5.18. The Labute approximate surface area is 140 Å². The van der Waals surface area contributed by atoms with Gasteiger partial charge in [0.2, 0.25) is 0 Å². The Balaban J connectivity index is 1.99. The van der Waals surface area contributed by atoms with Gasteiger partial charge in [-0.1, -0.05) is 18.2 Å². The second-order valence-electron chi connectivity index (χ2n) is 5.18. The molecule has 1 unspecified atom stereocenters. The van der Waals surface area contributed by atoms with Crippen molar-refractivity contribution in [2.45, 2.75) is 20.0 Å². The number of nitrogens with one attached hydrogen (secondary N) is 2. The fourth-order valence-corrected chi connectivity index (χ4v) is 1.99. The normalized spacial score (nSPS) is 11.3. The Bertz CT molecular complexity index is 716. The lowest BCUT2D eigenvalue weighted by molar-refractivity contribution is -0.122. The van der Waals surface area contributed by atoms with Crippen molar-refractivity contribution in [3.05, 3.63) is 54.1 Å². The van der Waals surface area contributed by atoms with Gasteiger partial charge in [0.1, 0.15) is 11.5 Å². The monoisotopic (exact) mass is 328 g/mol. The Hall–Kier alpha value is -3.02. The lowest BCUT2D eigenvalue weighted by Crippen LogP contribution is -2.30. The van der Waals surface area contributed by atoms with Gasteiger partial charge in [0, 0.05) is 12.7 Å². The molecule has 0 aliphatic carbocycles. The zero-order chi connectivity index (χ0) is 17.5. The highest BCUT2D eigenvalue weighted by atomic mass is 16.6. The molecule has 2 aromatic rings. The van der Waals surface area contributed by atoms with E-state index in [1.54, 1.807) is 37.3 Å². The van der Waals surface area contributed by atoms with Crippen molar-refractivity contribution in [1.82, 2.24) is 5.32 Å². The molecular formula is C18H20N2O4. The molecule has 0 aliphatic rings. The summed E-state index contributed by atoms with van der Waals surface area (Å²) in [5, 5.41) is 5.18. The van der Waals surface area contributed by atoms with Crippen molar-refractivity contribution in [2.75, 3.05) is 12.4 Å². The first kappa shape index (κ1) is 17.3. The first-order chi connectivity index (χ1) is 11.5. The van der Waals surface area contributed by atoms with Crippen LogP contribution in [0.5, 0.6) is 11.5 Å². The van der Waals surface area contributed by atoms with Crippen LogP contribution < -0.4 is 20.1 Å². The quantitative estimate of drug-likeness (QED) is 0.884. The molecule has 2 aromatic carbocycles. The molecule has 2 rings (SSSR count). The van der Waals surface area contributed by atoms with Crippen molar-refractivity contribution in [1.29, 1.82) is 0 Å². The molecule has 0 aromatic heterocycles. The van der Waals surface area contributed by atoms with Crippen LogP contribution in [0.15, 0.2) is 48.5 Å². The molecule has 2 N–H and O–H groups in total. The summed E-state index contributed by atoms with van der Waals surface area (Å²) in [6.45, 7) is 3.50. The molecule has 24 heavy (non-hydrogen) atoms. The maximum Gasteiger partial charge on any atom is 0.412 e. The summed E-state index contributed by atoms with van der Waals surface area (Å²) in [6.07, 6.45) is -1.19. The zero-order valence-electron chi connectivity index (χ0n) is 13.8. The van der Waals surface area contributed by atoms with Crippen LogP contribution in [0.4, 0.5) is 10.5 Å². The Kier molecular flexibility index (Phi) is 5.78. The van der Waals surface area contributed by atoms with E-state index in [9.17, 15) is 9.59 Å². The SMILES string of the molecule is CNC(=O)Oc1ccc(NC(=O)C(C)Oc2ccccc2)c(C)c1. The number of carbonyl (C=O) groups is 2. The van der Waals surface area contributed by atoms with Gasteiger partial charge in [0.05, 0.1) is 0 Å². The van der Waals surface area contributed by atoms with E-state index < -0.39 is 12.2 Å². The van der Waals surface area contributed by atoms with Crippen molar-refractivity contribution in [3.8, 4) is 11.5 Å². The number of anilines is 1. The molecule has 0 fully saturated rings. The highest BCUT2D eigenvalue weighted by Crippen LogP contribution is 2.22. The molecule has 0 bridgehead atoms. The zero-order valence-corrected chi connectivity index (χ0v) is 13.8. The van der Waals surface area contributed by atoms with E-state index in [1.165, 1.54) is 7.05 Å². The van der Waals surface area contributed by atoms with Crippen LogP contribution in [-0.2, 0) is 4.79 Å². The van der Waals surface area contributed by atoms with Gasteiger partial charge < -0.3 is 20.1 Å². The van der Waals surface area contributed by atoms with Crippen LogP contribution >= 0.6 is 0 Å². The third-order valence-corrected chi connectivity index (χ3v) is 3.30. The highest BCUT2D eigenvalue weighted by molar-refractivity contribution is 5.94. The minimum absolute atomic E-state index is 0.262. The van der Waals surface area contributed by atoms with Crippen LogP contribution in [0.3, 0.4) is 0 Å². The minimum Gasteiger partial charge on any atom is -0.481 e. The predicted molar refractivity (Wildman–Crippen MR) is 91.4 cm³/mol. The fourth-order valence-electron chi connectivity index (χ4n) is 1.99. The molecule has 6 heteroatoms. The number of aryl methyl sites for hydroxylation is 1. The van der Waals surface area contributed by atoms with E-state index in [-0.39, 0.29) is 5.91 Å². The smallest absolute Gasteiger partial charge is 0.412 e. The van der Waals surface area contributed by atoms with Gasteiger partial charge in [-0.2, -0.15) is 0 Å². The van der Waals surface area contributed by atoms with Crippen molar-refractivity contribution in [3.63, 3.8) is 0 Å². The Morgan fingerprint density at radius 3 is 2.38 bits per heavy atom. The Morgan fingerprint density at radius 1 is 1.04 bits per heavy atom. The summed E-state index contributed by atoms with van der Waals surface area (Å²) in [5.41, 5.74) is 1.41. The lowest BCUT2D eigenvalue weighted by Gasteiger charge is -2.16. The molecule has 2 amide bonds. The van der Waals surface area contributed by atoms with Gasteiger partial charge in [-0.05, 0) is 49.7 Å². The summed E-state index contributed by atoms with van der Waals surface area (Å²) < 4.78 is 10.6. The fraction of sp³-hybridized carbons (Fsp3) is 0.222. The number of hydrogen-bond acceptors (Lipinski definition) is 4. The maximum absolute atomic E-state index is 12.2. The van der Waals surface area contributed by atoms with Crippen LogP contribution in [-0.4, -0.2) is 25.2 Å². The van der Waals surface area contributed by atoms with Crippen LogP contribution in [0, 0.1) is 6.92 Å². The molecule has 0 spiro atoms. The second kappa shape index (κ2) is 8.01. The largest absolute Gasteiger partial charge is 0.481 e. The predicted octanol–water partition coefficient (Wildman–Crippen LogP) is 3.12. The van der Waals surface area contributed by atoms with E-state index >= 15 is 0 Å². The van der Waals surface area contributed by atoms with Crippen LogP contribution in [0.25, 0.3) is 0 Å². The summed E-state index contributed by atoms with van der Waals surface area (Å²) >= 11 is 0. The number of carbonyl (C=O) groups excluding carboxylic acids is 2. The molecule has 0 saturated heterocycles. The molecule has 6 nitrogen and oxygen atoms in total. The molecule has 126 valence electrons.